The number of fused-ring (bicyclic) bond motifs is 19. The number of ether oxygens (including phenoxy) is 1. The maximum absolute atomic E-state index is 14.3. The number of rotatable bonds is 0. The van der Waals surface area contributed by atoms with E-state index in [0.29, 0.717) is 11.1 Å². The number of hydrogen-bond acceptors (Lipinski definition) is 3. The van der Waals surface area contributed by atoms with Crippen molar-refractivity contribution in [2.45, 2.75) is 56.1 Å². The highest BCUT2D eigenvalue weighted by molar-refractivity contribution is 6.19. The highest BCUT2D eigenvalue weighted by Crippen LogP contribution is 2.82. The summed E-state index contributed by atoms with van der Waals surface area (Å²) in [5, 5.41) is 1.98. The van der Waals surface area contributed by atoms with E-state index in [9.17, 15) is 9.59 Å². The summed E-state index contributed by atoms with van der Waals surface area (Å²) < 4.78 is 6.74. The molecule has 2 bridgehead atoms. The number of hydrogen-bond donors (Lipinski definition) is 0. The molecule has 0 saturated carbocycles. The predicted octanol–water partition coefficient (Wildman–Crippen LogP) is 8.54. The van der Waals surface area contributed by atoms with Gasteiger partial charge in [0.25, 0.3) is 0 Å². The Bertz CT molecular complexity index is 2140. The monoisotopic (exact) mass is 584 g/mol. The number of carbonyl (C=O) groups excluding carboxylic acids is 2. The van der Waals surface area contributed by atoms with Crippen molar-refractivity contribution in [1.29, 1.82) is 0 Å². The van der Waals surface area contributed by atoms with E-state index in [1.807, 2.05) is 36.4 Å². The molecule has 0 N–H and O–H groups in total. The molecule has 0 amide bonds. The van der Waals surface area contributed by atoms with Crippen molar-refractivity contribution in [2.24, 2.45) is 17.3 Å². The lowest BCUT2D eigenvalue weighted by atomic mass is 9.52. The Hall–Kier alpha value is -4.34. The maximum Gasteiger partial charge on any atom is 0.170 e. The summed E-state index contributed by atoms with van der Waals surface area (Å²) in [5.41, 5.74) is 10.8. The first-order chi connectivity index (χ1) is 21.7. The summed E-state index contributed by atoms with van der Waals surface area (Å²) in [7, 11) is 0. The molecule has 4 aliphatic carbocycles. The molecule has 5 aromatic carbocycles. The Labute approximate surface area is 262 Å². The van der Waals surface area contributed by atoms with Crippen LogP contribution < -0.4 is 0 Å². The lowest BCUT2D eigenvalue weighted by Crippen LogP contribution is -2.51. The van der Waals surface area contributed by atoms with Crippen LogP contribution in [0.4, 0.5) is 0 Å². The second-order valence-electron chi connectivity index (χ2n) is 15.1. The minimum absolute atomic E-state index is 0.0497. The zero-order valence-electron chi connectivity index (χ0n) is 25.8. The lowest BCUT2D eigenvalue weighted by molar-refractivity contribution is 0.0508. The van der Waals surface area contributed by atoms with Gasteiger partial charge in [-0.3, -0.25) is 9.59 Å². The van der Waals surface area contributed by atoms with Gasteiger partial charge >= 0.3 is 0 Å². The quantitative estimate of drug-likeness (QED) is 0.183. The van der Waals surface area contributed by atoms with Gasteiger partial charge in [-0.1, -0.05) is 113 Å². The topological polar surface area (TPSA) is 43.4 Å². The fraction of sp³-hybridized carbons (Fsp3) is 0.286. The Morgan fingerprint density at radius 3 is 1.24 bits per heavy atom. The molecular weight excluding hydrogens is 552 g/mol. The van der Waals surface area contributed by atoms with Crippen LogP contribution in [0, 0.1) is 17.3 Å². The smallest absolute Gasteiger partial charge is 0.170 e. The maximum atomic E-state index is 14.3. The van der Waals surface area contributed by atoms with E-state index >= 15 is 0 Å². The molecule has 2 unspecified atom stereocenters. The van der Waals surface area contributed by atoms with E-state index in [2.05, 4.69) is 88.4 Å². The molecule has 218 valence electrons. The Morgan fingerprint density at radius 2 is 0.844 bits per heavy atom. The molecule has 8 atom stereocenters. The first-order valence-corrected chi connectivity index (χ1v) is 16.3. The summed E-state index contributed by atoms with van der Waals surface area (Å²) in [6.07, 6.45) is -0.812. The Kier molecular flexibility index (Phi) is 3.99. The molecular formula is C42H32O3. The van der Waals surface area contributed by atoms with Gasteiger partial charge in [0, 0.05) is 32.8 Å². The summed E-state index contributed by atoms with van der Waals surface area (Å²) in [6.45, 7) is 9.93. The Balaban J connectivity index is 1.17. The molecule has 1 fully saturated rings. The van der Waals surface area contributed by atoms with Crippen LogP contribution in [0.25, 0.3) is 10.8 Å². The zero-order valence-corrected chi connectivity index (χ0v) is 25.8. The third-order valence-corrected chi connectivity index (χ3v) is 14.3. The van der Waals surface area contributed by atoms with Crippen LogP contribution in [0.2, 0.25) is 0 Å². The van der Waals surface area contributed by atoms with Crippen LogP contribution >= 0.6 is 0 Å². The second-order valence-corrected chi connectivity index (χ2v) is 15.1. The minimum Gasteiger partial charge on any atom is -0.364 e. The van der Waals surface area contributed by atoms with Crippen LogP contribution in [0.3, 0.4) is 0 Å². The Morgan fingerprint density at radius 1 is 0.489 bits per heavy atom. The average Bonchev–Trinajstić information content (AvgIpc) is 3.76. The van der Waals surface area contributed by atoms with Gasteiger partial charge in [-0.15, -0.1) is 0 Å². The number of carbonyl (C=O) groups is 2. The van der Waals surface area contributed by atoms with E-state index in [-0.39, 0.29) is 33.2 Å². The zero-order chi connectivity index (χ0) is 30.4. The first kappa shape index (κ1) is 24.9. The van der Waals surface area contributed by atoms with Gasteiger partial charge in [0.15, 0.2) is 11.6 Å². The van der Waals surface area contributed by atoms with Crippen molar-refractivity contribution in [3.63, 3.8) is 0 Å². The first-order valence-electron chi connectivity index (χ1n) is 16.3. The van der Waals surface area contributed by atoms with E-state index in [1.165, 1.54) is 33.4 Å². The largest absolute Gasteiger partial charge is 0.364 e. The number of ketones is 2. The second kappa shape index (κ2) is 7.21. The van der Waals surface area contributed by atoms with E-state index in [1.54, 1.807) is 0 Å². The summed E-state index contributed by atoms with van der Waals surface area (Å²) in [5.74, 6) is -0.866. The number of benzene rings is 5. The molecule has 0 aromatic heterocycles. The minimum atomic E-state index is -0.483. The van der Waals surface area contributed by atoms with E-state index < -0.39 is 24.0 Å². The van der Waals surface area contributed by atoms with Crippen molar-refractivity contribution >= 4 is 22.3 Å². The predicted molar refractivity (Wildman–Crippen MR) is 173 cm³/mol. The van der Waals surface area contributed by atoms with Crippen molar-refractivity contribution < 1.29 is 14.3 Å². The molecule has 3 heteroatoms. The van der Waals surface area contributed by atoms with Crippen LogP contribution in [0.1, 0.15) is 105 Å². The highest BCUT2D eigenvalue weighted by atomic mass is 16.5. The average molecular weight is 585 g/mol. The molecule has 45 heavy (non-hydrogen) atoms. The molecule has 0 radical (unpaired) electrons. The fourth-order valence-electron chi connectivity index (χ4n) is 12.1. The number of Topliss-reactive ketones (excluding diaryl/α,β-unsaturated/α-hetero) is 2. The molecule has 1 saturated heterocycles. The third kappa shape index (κ3) is 2.21. The lowest BCUT2D eigenvalue weighted by Gasteiger charge is -2.49. The van der Waals surface area contributed by atoms with E-state index in [4.69, 9.17) is 4.74 Å². The van der Waals surface area contributed by atoms with Crippen molar-refractivity contribution in [1.82, 2.24) is 0 Å². The highest BCUT2D eigenvalue weighted by Gasteiger charge is 2.80. The molecule has 3 nitrogen and oxygen atoms in total. The van der Waals surface area contributed by atoms with Gasteiger partial charge in [-0.2, -0.15) is 0 Å². The molecule has 11 rings (SSSR count). The molecule has 6 aliphatic rings. The van der Waals surface area contributed by atoms with Gasteiger partial charge in [0.2, 0.25) is 0 Å². The van der Waals surface area contributed by atoms with Gasteiger partial charge in [-0.25, -0.2) is 0 Å². The molecule has 2 aliphatic heterocycles. The van der Waals surface area contributed by atoms with Crippen molar-refractivity contribution in [3.05, 3.63) is 153 Å². The normalized spacial score (nSPS) is 36.8. The summed E-state index contributed by atoms with van der Waals surface area (Å²) in [6, 6.07) is 34.8. The SMILES string of the molecule is CC12c3ccccc3[C@@]3(C)c4cc5c(cc4[C@@](C)(c4ccccc41)C23C)[C@@H]1O[C@H]5[C@@H]2C(=O)c3cc4ccccc4cc3C(=O)[C@@H]21. The van der Waals surface area contributed by atoms with Crippen LogP contribution in [-0.2, 0) is 21.0 Å². The van der Waals surface area contributed by atoms with Crippen LogP contribution in [0.5, 0.6) is 0 Å². The van der Waals surface area contributed by atoms with Gasteiger partial charge < -0.3 is 4.74 Å². The van der Waals surface area contributed by atoms with Crippen LogP contribution in [0.15, 0.2) is 97.1 Å². The molecule has 0 spiro atoms. The van der Waals surface area contributed by atoms with E-state index in [0.717, 1.165) is 21.9 Å². The third-order valence-electron chi connectivity index (χ3n) is 14.3. The summed E-state index contributed by atoms with van der Waals surface area (Å²) >= 11 is 0. The van der Waals surface area contributed by atoms with Crippen LogP contribution in [-0.4, -0.2) is 11.6 Å². The van der Waals surface area contributed by atoms with Crippen molar-refractivity contribution in [3.8, 4) is 0 Å². The van der Waals surface area contributed by atoms with Gasteiger partial charge in [0.05, 0.1) is 24.0 Å². The molecule has 5 aromatic rings. The van der Waals surface area contributed by atoms with Crippen molar-refractivity contribution in [2.75, 3.05) is 0 Å². The molecule has 2 heterocycles. The van der Waals surface area contributed by atoms with Gasteiger partial charge in [0.1, 0.15) is 0 Å². The standard InChI is InChI=1S/C42H32O3/c1-39-27-13-7-9-15-29(27)40(2)31-19-25-26(20-32(31)41(3,42(39,40)4)30-16-10-8-14-28(30)39)38-34-33(37(25)45-38)35(43)23-17-21-11-5-6-12-22(21)18-24(23)36(34)44/h5-20,33-34,37-38H,1-4H3/t33-,34+,37+,38-,39?,40-,41+,42?. The fourth-order valence-corrected chi connectivity index (χ4v) is 12.1. The summed E-state index contributed by atoms with van der Waals surface area (Å²) in [4.78, 5) is 28.6. The van der Waals surface area contributed by atoms with Gasteiger partial charge in [-0.05, 0) is 67.4 Å².